The van der Waals surface area contributed by atoms with E-state index in [1.807, 2.05) is 0 Å². The number of thiazole rings is 1. The normalized spacial score (nSPS) is 31.1. The van der Waals surface area contributed by atoms with E-state index in [2.05, 4.69) is 15.6 Å². The molecule has 0 saturated heterocycles. The van der Waals surface area contributed by atoms with Gasteiger partial charge in [0.05, 0.1) is 22.9 Å². The van der Waals surface area contributed by atoms with Gasteiger partial charge in [-0.15, -0.1) is 0 Å². The molecule has 142 valence electrons. The number of nitrogens with one attached hydrogen (secondary N) is 2. The molecule has 6 rings (SSSR count). The molecule has 2 N–H and O–H groups in total. The number of ether oxygens (including phenoxy) is 1. The summed E-state index contributed by atoms with van der Waals surface area (Å²) in [6.45, 7) is 0. The Morgan fingerprint density at radius 2 is 1.81 bits per heavy atom. The zero-order valence-corrected chi connectivity index (χ0v) is 16.1. The van der Waals surface area contributed by atoms with E-state index >= 15 is 0 Å². The zero-order valence-electron chi connectivity index (χ0n) is 15.2. The second kappa shape index (κ2) is 6.48. The summed E-state index contributed by atoms with van der Waals surface area (Å²) in [4.78, 5) is 28.7. The van der Waals surface area contributed by atoms with E-state index in [0.717, 1.165) is 22.1 Å². The van der Waals surface area contributed by atoms with Gasteiger partial charge in [0.15, 0.2) is 5.13 Å². The third-order valence-electron chi connectivity index (χ3n) is 6.55. The van der Waals surface area contributed by atoms with Crippen LogP contribution in [0.25, 0.3) is 10.2 Å². The lowest BCUT2D eigenvalue weighted by Gasteiger charge is -2.54. The van der Waals surface area contributed by atoms with Crippen LogP contribution in [-0.4, -0.2) is 30.1 Å². The van der Waals surface area contributed by atoms with Crippen molar-refractivity contribution in [2.24, 2.45) is 23.7 Å². The number of anilines is 1. The first-order valence-corrected chi connectivity index (χ1v) is 10.5. The Morgan fingerprint density at radius 1 is 1.11 bits per heavy atom. The van der Waals surface area contributed by atoms with E-state index in [1.165, 1.54) is 50.6 Å². The number of carbonyl (C=O) groups is 2. The molecule has 1 aromatic carbocycles. The standard InChI is InChI=1S/C20H23N3O3S/c1-26-18(24)12-2-3-15-16(9-12)27-20(21-15)23-19(25)22-17-13-5-10-4-11(7-13)8-14(17)6-10/h2-3,9-11,13-14,17H,4-8H2,1H3,(H2,21,22,23,25). The highest BCUT2D eigenvalue weighted by molar-refractivity contribution is 7.22. The smallest absolute Gasteiger partial charge is 0.337 e. The number of rotatable bonds is 3. The summed E-state index contributed by atoms with van der Waals surface area (Å²) in [6, 6.07) is 5.35. The molecule has 0 atom stereocenters. The molecule has 6 nitrogen and oxygen atoms in total. The second-order valence-electron chi connectivity index (χ2n) is 8.25. The number of methoxy groups -OCH3 is 1. The summed E-state index contributed by atoms with van der Waals surface area (Å²) in [5, 5.41) is 6.68. The molecule has 4 saturated carbocycles. The number of amides is 2. The molecule has 7 heteroatoms. The van der Waals surface area contributed by atoms with E-state index in [4.69, 9.17) is 4.74 Å². The Labute approximate surface area is 161 Å². The van der Waals surface area contributed by atoms with Gasteiger partial charge in [0.25, 0.3) is 0 Å². The molecule has 1 aromatic heterocycles. The van der Waals surface area contributed by atoms with Crippen LogP contribution in [0.15, 0.2) is 18.2 Å². The van der Waals surface area contributed by atoms with E-state index < -0.39 is 0 Å². The van der Waals surface area contributed by atoms with Gasteiger partial charge in [-0.05, 0) is 74.0 Å². The van der Waals surface area contributed by atoms with E-state index in [-0.39, 0.29) is 12.0 Å². The molecule has 4 bridgehead atoms. The number of nitrogens with zero attached hydrogens (tertiary/aromatic N) is 1. The van der Waals surface area contributed by atoms with Crippen LogP contribution < -0.4 is 10.6 Å². The van der Waals surface area contributed by atoms with Gasteiger partial charge in [0, 0.05) is 6.04 Å². The number of urea groups is 1. The monoisotopic (exact) mass is 385 g/mol. The molecule has 4 fully saturated rings. The predicted octanol–water partition coefficient (Wildman–Crippen LogP) is 4.03. The highest BCUT2D eigenvalue weighted by Gasteiger charge is 2.48. The third-order valence-corrected chi connectivity index (χ3v) is 7.49. The van der Waals surface area contributed by atoms with Crippen molar-refractivity contribution in [3.63, 3.8) is 0 Å². The molecular formula is C20H23N3O3S. The maximum Gasteiger partial charge on any atom is 0.337 e. The van der Waals surface area contributed by atoms with Crippen molar-refractivity contribution in [2.75, 3.05) is 12.4 Å². The second-order valence-corrected chi connectivity index (χ2v) is 9.28. The number of aromatic nitrogens is 1. The van der Waals surface area contributed by atoms with Gasteiger partial charge in [0.1, 0.15) is 0 Å². The molecule has 1 heterocycles. The van der Waals surface area contributed by atoms with Gasteiger partial charge in [0.2, 0.25) is 0 Å². The Kier molecular flexibility index (Phi) is 4.07. The van der Waals surface area contributed by atoms with Crippen LogP contribution in [0.5, 0.6) is 0 Å². The Balaban J connectivity index is 1.27. The SMILES string of the molecule is COC(=O)c1ccc2nc(NC(=O)NC3C4CC5CC(C4)CC3C5)sc2c1. The van der Waals surface area contributed by atoms with Crippen LogP contribution in [-0.2, 0) is 4.74 Å². The highest BCUT2D eigenvalue weighted by Crippen LogP contribution is 2.53. The lowest BCUT2D eigenvalue weighted by molar-refractivity contribution is -0.00883. The quantitative estimate of drug-likeness (QED) is 0.782. The summed E-state index contributed by atoms with van der Waals surface area (Å²) >= 11 is 1.37. The zero-order chi connectivity index (χ0) is 18.5. The summed E-state index contributed by atoms with van der Waals surface area (Å²) < 4.78 is 5.60. The minimum absolute atomic E-state index is 0.167. The topological polar surface area (TPSA) is 80.3 Å². The Bertz CT molecular complexity index is 881. The van der Waals surface area contributed by atoms with Crippen molar-refractivity contribution in [2.45, 2.75) is 38.1 Å². The van der Waals surface area contributed by atoms with Gasteiger partial charge in [-0.25, -0.2) is 14.6 Å². The van der Waals surface area contributed by atoms with Crippen molar-refractivity contribution in [1.29, 1.82) is 0 Å². The fourth-order valence-electron chi connectivity index (χ4n) is 5.67. The number of hydrogen-bond acceptors (Lipinski definition) is 5. The van der Waals surface area contributed by atoms with E-state index in [1.54, 1.807) is 18.2 Å². The number of benzene rings is 1. The van der Waals surface area contributed by atoms with Crippen molar-refractivity contribution < 1.29 is 14.3 Å². The average molecular weight is 385 g/mol. The molecule has 2 aromatic rings. The minimum atomic E-state index is -0.376. The van der Waals surface area contributed by atoms with Gasteiger partial charge in [-0.2, -0.15) is 0 Å². The first-order valence-electron chi connectivity index (χ1n) is 9.65. The molecular weight excluding hydrogens is 362 g/mol. The van der Waals surface area contributed by atoms with Crippen LogP contribution in [0.1, 0.15) is 42.5 Å². The molecule has 27 heavy (non-hydrogen) atoms. The van der Waals surface area contributed by atoms with E-state index in [9.17, 15) is 9.59 Å². The number of fused-ring (bicyclic) bond motifs is 1. The first-order chi connectivity index (χ1) is 13.1. The number of hydrogen-bond donors (Lipinski definition) is 2. The largest absolute Gasteiger partial charge is 0.465 e. The molecule has 0 aliphatic heterocycles. The third kappa shape index (κ3) is 3.08. The van der Waals surface area contributed by atoms with Crippen LogP contribution in [0.4, 0.5) is 9.93 Å². The van der Waals surface area contributed by atoms with Crippen LogP contribution in [0.2, 0.25) is 0 Å². The molecule has 4 aliphatic rings. The van der Waals surface area contributed by atoms with Gasteiger partial charge < -0.3 is 10.1 Å². The predicted molar refractivity (Wildman–Crippen MR) is 104 cm³/mol. The van der Waals surface area contributed by atoms with Gasteiger partial charge in [-0.1, -0.05) is 11.3 Å². The summed E-state index contributed by atoms with van der Waals surface area (Å²) in [7, 11) is 1.36. The average Bonchev–Trinajstić information content (AvgIpc) is 3.04. The summed E-state index contributed by atoms with van der Waals surface area (Å²) in [5.74, 6) is 2.69. The fraction of sp³-hybridized carbons (Fsp3) is 0.550. The molecule has 0 spiro atoms. The number of esters is 1. The fourth-order valence-corrected chi connectivity index (χ4v) is 6.57. The highest BCUT2D eigenvalue weighted by atomic mass is 32.1. The first kappa shape index (κ1) is 17.0. The summed E-state index contributed by atoms with van der Waals surface area (Å²) in [5.41, 5.74) is 1.25. The lowest BCUT2D eigenvalue weighted by atomic mass is 9.54. The maximum absolute atomic E-state index is 12.6. The molecule has 4 aliphatic carbocycles. The van der Waals surface area contributed by atoms with Crippen LogP contribution >= 0.6 is 11.3 Å². The lowest BCUT2D eigenvalue weighted by Crippen LogP contribution is -2.56. The van der Waals surface area contributed by atoms with Crippen molar-refractivity contribution in [3.05, 3.63) is 23.8 Å². The summed E-state index contributed by atoms with van der Waals surface area (Å²) in [6.07, 6.45) is 6.50. The van der Waals surface area contributed by atoms with Gasteiger partial charge in [-0.3, -0.25) is 5.32 Å². The van der Waals surface area contributed by atoms with Crippen molar-refractivity contribution in [3.8, 4) is 0 Å². The van der Waals surface area contributed by atoms with E-state index in [0.29, 0.717) is 28.6 Å². The minimum Gasteiger partial charge on any atom is -0.465 e. The number of carbonyl (C=O) groups excluding carboxylic acids is 2. The van der Waals surface area contributed by atoms with Crippen LogP contribution in [0.3, 0.4) is 0 Å². The molecule has 0 unspecified atom stereocenters. The molecule has 0 radical (unpaired) electrons. The maximum atomic E-state index is 12.6. The van der Waals surface area contributed by atoms with Gasteiger partial charge >= 0.3 is 12.0 Å². The molecule has 2 amide bonds. The van der Waals surface area contributed by atoms with Crippen molar-refractivity contribution in [1.82, 2.24) is 10.3 Å². The Morgan fingerprint density at radius 3 is 2.48 bits per heavy atom. The van der Waals surface area contributed by atoms with Crippen LogP contribution in [0, 0.1) is 23.7 Å². The Hall–Kier alpha value is -2.15. The van der Waals surface area contributed by atoms with Crippen molar-refractivity contribution >= 4 is 38.7 Å².